The average Bonchev–Trinajstić information content (AvgIpc) is 2.16. The number of benzene rings is 1. The molecule has 1 amide bonds. The van der Waals surface area contributed by atoms with E-state index in [1.165, 1.54) is 0 Å². The Labute approximate surface area is 85.7 Å². The van der Waals surface area contributed by atoms with Crippen molar-refractivity contribution < 1.29 is 19.4 Å². The number of fused-ring (bicyclic) bond motifs is 1. The number of carboxylic acid groups (broad SMARTS) is 1. The molecular formula is C10H9NO4. The normalized spacial score (nSPS) is 13.7. The monoisotopic (exact) mass is 207 g/mol. The summed E-state index contributed by atoms with van der Waals surface area (Å²) < 4.78 is 5.19. The highest BCUT2D eigenvalue weighted by Gasteiger charge is 2.19. The zero-order valence-corrected chi connectivity index (χ0v) is 7.82. The van der Waals surface area contributed by atoms with Crippen LogP contribution >= 0.6 is 0 Å². The van der Waals surface area contributed by atoms with Crippen LogP contribution in [0.3, 0.4) is 0 Å². The molecule has 0 saturated heterocycles. The highest BCUT2D eigenvalue weighted by Crippen LogP contribution is 2.31. The minimum Gasteiger partial charge on any atom is -0.481 e. The van der Waals surface area contributed by atoms with Crippen LogP contribution in [0.1, 0.15) is 5.56 Å². The van der Waals surface area contributed by atoms with E-state index in [4.69, 9.17) is 9.84 Å². The molecular weight excluding hydrogens is 198 g/mol. The lowest BCUT2D eigenvalue weighted by atomic mass is 10.1. The second-order valence-electron chi connectivity index (χ2n) is 3.20. The second-order valence-corrected chi connectivity index (χ2v) is 3.20. The second kappa shape index (κ2) is 3.61. The molecule has 1 aliphatic heterocycles. The van der Waals surface area contributed by atoms with E-state index >= 15 is 0 Å². The number of aliphatic carboxylic acids is 1. The van der Waals surface area contributed by atoms with Crippen molar-refractivity contribution in [2.24, 2.45) is 0 Å². The van der Waals surface area contributed by atoms with Crippen LogP contribution in [0.4, 0.5) is 5.69 Å². The van der Waals surface area contributed by atoms with Crippen molar-refractivity contribution in [3.05, 3.63) is 23.8 Å². The van der Waals surface area contributed by atoms with Gasteiger partial charge in [-0.3, -0.25) is 9.59 Å². The fourth-order valence-corrected chi connectivity index (χ4v) is 1.48. The lowest BCUT2D eigenvalue weighted by molar-refractivity contribution is -0.136. The molecule has 0 atom stereocenters. The van der Waals surface area contributed by atoms with Crippen LogP contribution in [0.5, 0.6) is 5.75 Å². The minimum absolute atomic E-state index is 0.0658. The molecule has 0 fully saturated rings. The average molecular weight is 207 g/mol. The van der Waals surface area contributed by atoms with Gasteiger partial charge in [-0.1, -0.05) is 12.1 Å². The summed E-state index contributed by atoms with van der Waals surface area (Å²) in [4.78, 5) is 21.6. The van der Waals surface area contributed by atoms with E-state index in [2.05, 4.69) is 5.32 Å². The van der Waals surface area contributed by atoms with Crippen molar-refractivity contribution in [3.8, 4) is 5.75 Å². The van der Waals surface area contributed by atoms with Gasteiger partial charge in [0.15, 0.2) is 6.61 Å². The molecule has 78 valence electrons. The Bertz CT molecular complexity index is 427. The zero-order valence-electron chi connectivity index (χ0n) is 7.82. The molecule has 2 rings (SSSR count). The molecule has 0 bridgehead atoms. The van der Waals surface area contributed by atoms with E-state index in [0.717, 1.165) is 0 Å². The Morgan fingerprint density at radius 3 is 3.07 bits per heavy atom. The van der Waals surface area contributed by atoms with Gasteiger partial charge in [0.1, 0.15) is 5.75 Å². The topological polar surface area (TPSA) is 75.6 Å². The molecule has 0 aliphatic carbocycles. The fraction of sp³-hybridized carbons (Fsp3) is 0.200. The molecule has 5 nitrogen and oxygen atoms in total. The quantitative estimate of drug-likeness (QED) is 0.746. The Kier molecular flexibility index (Phi) is 2.29. The summed E-state index contributed by atoms with van der Waals surface area (Å²) in [5, 5.41) is 11.3. The molecule has 15 heavy (non-hydrogen) atoms. The molecule has 2 N–H and O–H groups in total. The first-order valence-electron chi connectivity index (χ1n) is 4.43. The van der Waals surface area contributed by atoms with Gasteiger partial charge in [0, 0.05) is 5.56 Å². The van der Waals surface area contributed by atoms with Gasteiger partial charge in [-0.25, -0.2) is 0 Å². The highest BCUT2D eigenvalue weighted by molar-refractivity contribution is 5.96. The number of hydrogen-bond acceptors (Lipinski definition) is 3. The largest absolute Gasteiger partial charge is 0.481 e. The number of hydrogen-bond donors (Lipinski definition) is 2. The Morgan fingerprint density at radius 1 is 1.53 bits per heavy atom. The zero-order chi connectivity index (χ0) is 10.8. The Hall–Kier alpha value is -2.04. The fourth-order valence-electron chi connectivity index (χ4n) is 1.48. The van der Waals surface area contributed by atoms with Gasteiger partial charge in [-0.15, -0.1) is 0 Å². The van der Waals surface area contributed by atoms with Gasteiger partial charge in [0.05, 0.1) is 12.1 Å². The van der Waals surface area contributed by atoms with Crippen LogP contribution in [0, 0.1) is 0 Å². The maximum atomic E-state index is 11.0. The number of para-hydroxylation sites is 1. The molecule has 1 heterocycles. The van der Waals surface area contributed by atoms with E-state index < -0.39 is 5.97 Å². The van der Waals surface area contributed by atoms with Gasteiger partial charge >= 0.3 is 5.97 Å². The van der Waals surface area contributed by atoms with Crippen molar-refractivity contribution in [1.29, 1.82) is 0 Å². The van der Waals surface area contributed by atoms with Crippen molar-refractivity contribution in [2.75, 3.05) is 11.9 Å². The first kappa shape index (κ1) is 9.51. The summed E-state index contributed by atoms with van der Waals surface area (Å²) in [5.41, 5.74) is 1.10. The van der Waals surface area contributed by atoms with Gasteiger partial charge in [0.25, 0.3) is 5.91 Å². The minimum atomic E-state index is -0.927. The van der Waals surface area contributed by atoms with Gasteiger partial charge in [-0.2, -0.15) is 0 Å². The molecule has 1 aliphatic rings. The summed E-state index contributed by atoms with van der Waals surface area (Å²) in [6.07, 6.45) is -0.112. The number of anilines is 1. The number of carboxylic acids is 1. The molecule has 0 saturated carbocycles. The molecule has 1 aromatic carbocycles. The number of amides is 1. The summed E-state index contributed by atoms with van der Waals surface area (Å²) >= 11 is 0. The first-order chi connectivity index (χ1) is 7.16. The van der Waals surface area contributed by atoms with Crippen LogP contribution in [0.25, 0.3) is 0 Å². The van der Waals surface area contributed by atoms with Gasteiger partial charge < -0.3 is 15.2 Å². The molecule has 0 unspecified atom stereocenters. The van der Waals surface area contributed by atoms with Crippen LogP contribution in [-0.4, -0.2) is 23.6 Å². The molecule has 1 aromatic rings. The lowest BCUT2D eigenvalue weighted by Gasteiger charge is -2.19. The maximum absolute atomic E-state index is 11.0. The standard InChI is InChI=1S/C10H9NO4/c12-8-5-15-10-6(4-9(13)14)2-1-3-7(10)11-8/h1-3H,4-5H2,(H,11,12)(H,13,14). The third-order valence-electron chi connectivity index (χ3n) is 2.06. The van der Waals surface area contributed by atoms with Crippen molar-refractivity contribution >= 4 is 17.6 Å². The predicted octanol–water partition coefficient (Wildman–Crippen LogP) is 0.645. The summed E-state index contributed by atoms with van der Waals surface area (Å²) in [5.74, 6) is -0.696. The van der Waals surface area contributed by atoms with E-state index in [0.29, 0.717) is 17.0 Å². The third-order valence-corrected chi connectivity index (χ3v) is 2.06. The number of ether oxygens (including phenoxy) is 1. The maximum Gasteiger partial charge on any atom is 0.307 e. The lowest BCUT2D eigenvalue weighted by Crippen LogP contribution is -2.26. The third kappa shape index (κ3) is 1.90. The smallest absolute Gasteiger partial charge is 0.307 e. The summed E-state index contributed by atoms with van der Waals surface area (Å²) in [7, 11) is 0. The molecule has 0 radical (unpaired) electrons. The van der Waals surface area contributed by atoms with Crippen LogP contribution in [0.2, 0.25) is 0 Å². The molecule has 5 heteroatoms. The Morgan fingerprint density at radius 2 is 2.33 bits per heavy atom. The number of carbonyl (C=O) groups is 2. The van der Waals surface area contributed by atoms with E-state index in [9.17, 15) is 9.59 Å². The van der Waals surface area contributed by atoms with Gasteiger partial charge in [0.2, 0.25) is 0 Å². The van der Waals surface area contributed by atoms with Crippen molar-refractivity contribution in [3.63, 3.8) is 0 Å². The van der Waals surface area contributed by atoms with E-state index in [-0.39, 0.29) is 18.9 Å². The first-order valence-corrected chi connectivity index (χ1v) is 4.43. The van der Waals surface area contributed by atoms with Crippen LogP contribution < -0.4 is 10.1 Å². The highest BCUT2D eigenvalue weighted by atomic mass is 16.5. The molecule has 0 spiro atoms. The number of carbonyl (C=O) groups excluding carboxylic acids is 1. The van der Waals surface area contributed by atoms with E-state index in [1.807, 2.05) is 0 Å². The summed E-state index contributed by atoms with van der Waals surface area (Å²) in [6.45, 7) is -0.0658. The Balaban J connectivity index is 2.37. The van der Waals surface area contributed by atoms with Crippen LogP contribution in [-0.2, 0) is 16.0 Å². The van der Waals surface area contributed by atoms with Crippen molar-refractivity contribution in [1.82, 2.24) is 0 Å². The number of rotatable bonds is 2. The van der Waals surface area contributed by atoms with Crippen molar-refractivity contribution in [2.45, 2.75) is 6.42 Å². The number of nitrogens with one attached hydrogen (secondary N) is 1. The van der Waals surface area contributed by atoms with Crippen LogP contribution in [0.15, 0.2) is 18.2 Å². The molecule has 0 aromatic heterocycles. The van der Waals surface area contributed by atoms with E-state index in [1.54, 1.807) is 18.2 Å². The van der Waals surface area contributed by atoms with Gasteiger partial charge in [-0.05, 0) is 6.07 Å². The summed E-state index contributed by atoms with van der Waals surface area (Å²) in [6, 6.07) is 5.04. The predicted molar refractivity (Wildman–Crippen MR) is 51.9 cm³/mol. The SMILES string of the molecule is O=C(O)Cc1cccc2c1OCC(=O)N2.